The Morgan fingerprint density at radius 2 is 1.83 bits per heavy atom. The lowest BCUT2D eigenvalue weighted by atomic mass is 9.74. The number of hydrogen-bond acceptors (Lipinski definition) is 2. The Balaban J connectivity index is 1.72. The molecule has 0 unspecified atom stereocenters. The summed E-state index contributed by atoms with van der Waals surface area (Å²) >= 11 is 5.03. The van der Waals surface area contributed by atoms with Gasteiger partial charge in [-0.05, 0) is 49.4 Å². The van der Waals surface area contributed by atoms with E-state index < -0.39 is 5.54 Å². The van der Waals surface area contributed by atoms with Crippen molar-refractivity contribution in [2.45, 2.75) is 37.1 Å². The molecule has 2 fully saturated rings. The van der Waals surface area contributed by atoms with Crippen LogP contribution in [0, 0.1) is 0 Å². The normalized spacial score (nSPS) is 31.2. The van der Waals surface area contributed by atoms with E-state index in [9.17, 15) is 4.79 Å². The number of benzene rings is 1. The first-order valence-corrected chi connectivity index (χ1v) is 6.79. The SMILES string of the molecule is O=C1NC(=S)NC12CCC(c1ccccc1)CC2. The van der Waals surface area contributed by atoms with Crippen molar-refractivity contribution in [1.82, 2.24) is 10.6 Å². The molecule has 1 aromatic carbocycles. The lowest BCUT2D eigenvalue weighted by Gasteiger charge is -2.35. The van der Waals surface area contributed by atoms with Crippen LogP contribution in [0.5, 0.6) is 0 Å². The van der Waals surface area contributed by atoms with Gasteiger partial charge < -0.3 is 10.6 Å². The molecular formula is C14H16N2OS. The maximum absolute atomic E-state index is 11.9. The van der Waals surface area contributed by atoms with Crippen LogP contribution in [0.25, 0.3) is 0 Å². The van der Waals surface area contributed by atoms with Crippen LogP contribution in [-0.2, 0) is 4.79 Å². The van der Waals surface area contributed by atoms with Gasteiger partial charge in [-0.15, -0.1) is 0 Å². The van der Waals surface area contributed by atoms with Crippen LogP contribution in [0.4, 0.5) is 0 Å². The highest BCUT2D eigenvalue weighted by molar-refractivity contribution is 7.80. The molecule has 1 saturated carbocycles. The zero-order chi connectivity index (χ0) is 12.6. The lowest BCUT2D eigenvalue weighted by Crippen LogP contribution is -2.49. The molecule has 2 aliphatic rings. The minimum Gasteiger partial charge on any atom is -0.348 e. The van der Waals surface area contributed by atoms with Gasteiger partial charge in [0.05, 0.1) is 0 Å². The van der Waals surface area contributed by atoms with E-state index in [4.69, 9.17) is 12.2 Å². The van der Waals surface area contributed by atoms with Gasteiger partial charge in [0.2, 0.25) is 0 Å². The highest BCUT2D eigenvalue weighted by Crippen LogP contribution is 2.39. The Morgan fingerprint density at radius 3 is 2.39 bits per heavy atom. The molecule has 1 aliphatic carbocycles. The van der Waals surface area contributed by atoms with Crippen LogP contribution in [0.3, 0.4) is 0 Å². The van der Waals surface area contributed by atoms with Crippen molar-refractivity contribution in [2.75, 3.05) is 0 Å². The molecule has 4 heteroatoms. The van der Waals surface area contributed by atoms with Crippen LogP contribution in [0.15, 0.2) is 30.3 Å². The zero-order valence-electron chi connectivity index (χ0n) is 10.1. The third kappa shape index (κ3) is 1.90. The highest BCUT2D eigenvalue weighted by Gasteiger charge is 2.46. The molecule has 0 aromatic heterocycles. The van der Waals surface area contributed by atoms with Crippen LogP contribution >= 0.6 is 12.2 Å². The Kier molecular flexibility index (Phi) is 2.82. The Morgan fingerprint density at radius 1 is 1.17 bits per heavy atom. The number of rotatable bonds is 1. The predicted octanol–water partition coefficient (Wildman–Crippen LogP) is 2.09. The van der Waals surface area contributed by atoms with Crippen molar-refractivity contribution in [2.24, 2.45) is 0 Å². The fourth-order valence-electron chi connectivity index (χ4n) is 3.05. The topological polar surface area (TPSA) is 41.1 Å². The molecule has 3 rings (SSSR count). The van der Waals surface area contributed by atoms with E-state index in [1.807, 2.05) is 6.07 Å². The average molecular weight is 260 g/mol. The van der Waals surface area contributed by atoms with Crippen LogP contribution < -0.4 is 10.6 Å². The van der Waals surface area contributed by atoms with Crippen LogP contribution in [0.1, 0.15) is 37.2 Å². The molecule has 3 nitrogen and oxygen atoms in total. The van der Waals surface area contributed by atoms with E-state index in [2.05, 4.69) is 34.9 Å². The van der Waals surface area contributed by atoms with Gasteiger partial charge in [0.15, 0.2) is 5.11 Å². The molecule has 1 aromatic rings. The van der Waals surface area contributed by atoms with Crippen molar-refractivity contribution in [1.29, 1.82) is 0 Å². The Bertz CT molecular complexity index is 478. The number of carbonyl (C=O) groups excluding carboxylic acids is 1. The molecule has 1 saturated heterocycles. The van der Waals surface area contributed by atoms with E-state index in [0.29, 0.717) is 11.0 Å². The van der Waals surface area contributed by atoms with Crippen molar-refractivity contribution < 1.29 is 4.79 Å². The van der Waals surface area contributed by atoms with Gasteiger partial charge in [-0.2, -0.15) is 0 Å². The lowest BCUT2D eigenvalue weighted by molar-refractivity contribution is -0.125. The van der Waals surface area contributed by atoms with Crippen molar-refractivity contribution in [3.63, 3.8) is 0 Å². The molecule has 0 bridgehead atoms. The largest absolute Gasteiger partial charge is 0.348 e. The number of amides is 1. The second kappa shape index (κ2) is 4.35. The fourth-order valence-corrected chi connectivity index (χ4v) is 3.34. The molecule has 1 aliphatic heterocycles. The fraction of sp³-hybridized carbons (Fsp3) is 0.429. The van der Waals surface area contributed by atoms with Gasteiger partial charge in [-0.3, -0.25) is 4.79 Å². The second-order valence-electron chi connectivity index (χ2n) is 5.18. The molecule has 0 atom stereocenters. The molecule has 1 amide bonds. The zero-order valence-corrected chi connectivity index (χ0v) is 10.9. The van der Waals surface area contributed by atoms with Crippen molar-refractivity contribution in [3.05, 3.63) is 35.9 Å². The summed E-state index contributed by atoms with van der Waals surface area (Å²) in [6.07, 6.45) is 3.79. The molecule has 0 radical (unpaired) electrons. The van der Waals surface area contributed by atoms with E-state index in [-0.39, 0.29) is 5.91 Å². The summed E-state index contributed by atoms with van der Waals surface area (Å²) < 4.78 is 0. The summed E-state index contributed by atoms with van der Waals surface area (Å²) in [5.41, 5.74) is 0.955. The first kappa shape index (κ1) is 11.7. The average Bonchev–Trinajstić information content (AvgIpc) is 2.66. The number of hydrogen-bond donors (Lipinski definition) is 2. The Hall–Kier alpha value is -1.42. The van der Waals surface area contributed by atoms with Crippen molar-refractivity contribution in [3.8, 4) is 0 Å². The first-order valence-electron chi connectivity index (χ1n) is 6.38. The van der Waals surface area contributed by atoms with Gasteiger partial charge in [0.1, 0.15) is 5.54 Å². The maximum atomic E-state index is 11.9. The molecule has 18 heavy (non-hydrogen) atoms. The standard InChI is InChI=1S/C14H16N2OS/c17-12-14(16-13(18)15-12)8-6-11(7-9-14)10-4-2-1-3-5-10/h1-5,11H,6-9H2,(H2,15,16,17,18). The summed E-state index contributed by atoms with van der Waals surface area (Å²) in [6, 6.07) is 10.5. The number of carbonyl (C=O) groups is 1. The van der Waals surface area contributed by atoms with Crippen LogP contribution in [0.2, 0.25) is 0 Å². The summed E-state index contributed by atoms with van der Waals surface area (Å²) in [7, 11) is 0. The summed E-state index contributed by atoms with van der Waals surface area (Å²) in [4.78, 5) is 11.9. The van der Waals surface area contributed by atoms with E-state index in [1.54, 1.807) is 0 Å². The maximum Gasteiger partial charge on any atom is 0.251 e. The molecule has 1 spiro atoms. The molecule has 1 heterocycles. The first-order chi connectivity index (χ1) is 8.70. The third-order valence-corrected chi connectivity index (χ3v) is 4.33. The van der Waals surface area contributed by atoms with Gasteiger partial charge in [-0.25, -0.2) is 0 Å². The second-order valence-corrected chi connectivity index (χ2v) is 5.58. The van der Waals surface area contributed by atoms with Crippen LogP contribution in [-0.4, -0.2) is 16.6 Å². The van der Waals surface area contributed by atoms with Crippen molar-refractivity contribution >= 4 is 23.2 Å². The molecule has 94 valence electrons. The minimum absolute atomic E-state index is 0.0546. The van der Waals surface area contributed by atoms with E-state index in [1.165, 1.54) is 5.56 Å². The van der Waals surface area contributed by atoms with E-state index in [0.717, 1.165) is 25.7 Å². The predicted molar refractivity (Wildman–Crippen MR) is 74.3 cm³/mol. The number of thiocarbonyl (C=S) groups is 1. The summed E-state index contributed by atoms with van der Waals surface area (Å²) in [5, 5.41) is 6.36. The summed E-state index contributed by atoms with van der Waals surface area (Å²) in [5.74, 6) is 0.625. The highest BCUT2D eigenvalue weighted by atomic mass is 32.1. The van der Waals surface area contributed by atoms with E-state index >= 15 is 0 Å². The monoisotopic (exact) mass is 260 g/mol. The quantitative estimate of drug-likeness (QED) is 0.760. The van der Waals surface area contributed by atoms with Gasteiger partial charge >= 0.3 is 0 Å². The minimum atomic E-state index is -0.428. The smallest absolute Gasteiger partial charge is 0.251 e. The summed E-state index contributed by atoms with van der Waals surface area (Å²) in [6.45, 7) is 0. The molecule has 2 N–H and O–H groups in total. The number of nitrogens with one attached hydrogen (secondary N) is 2. The molecular weight excluding hydrogens is 244 g/mol. The third-order valence-electron chi connectivity index (χ3n) is 4.12. The van der Waals surface area contributed by atoms with Gasteiger partial charge in [-0.1, -0.05) is 30.3 Å². The Labute approximate surface area is 112 Å². The van der Waals surface area contributed by atoms with Gasteiger partial charge in [0.25, 0.3) is 5.91 Å². The van der Waals surface area contributed by atoms with Gasteiger partial charge in [0, 0.05) is 0 Å².